The van der Waals surface area contributed by atoms with Gasteiger partial charge in [0.15, 0.2) is 0 Å². The molecule has 164 valence electrons. The standard InChI is InChI=1S/C26H26F2N4/c27-22-9-5-20(6-10-22)17-30-13-15-31(16-14-30)19-26-29-24-3-1-2-4-25(24)32(26)18-21-7-11-23(28)12-8-21/h1-12H,13-19H2. The van der Waals surface area contributed by atoms with Crippen LogP contribution in [0, 0.1) is 11.6 Å². The molecular formula is C26H26F2N4. The van der Waals surface area contributed by atoms with E-state index in [9.17, 15) is 8.78 Å². The molecule has 0 aliphatic carbocycles. The van der Waals surface area contributed by atoms with E-state index in [1.165, 1.54) is 24.3 Å². The zero-order valence-corrected chi connectivity index (χ0v) is 17.9. The fourth-order valence-electron chi connectivity index (χ4n) is 4.35. The van der Waals surface area contributed by atoms with Crippen LogP contribution in [-0.2, 0) is 19.6 Å². The molecule has 1 aliphatic rings. The van der Waals surface area contributed by atoms with Gasteiger partial charge in [0.1, 0.15) is 17.5 Å². The van der Waals surface area contributed by atoms with E-state index in [0.717, 1.165) is 67.3 Å². The number of para-hydroxylation sites is 2. The Morgan fingerprint density at radius 3 is 1.78 bits per heavy atom. The minimum Gasteiger partial charge on any atom is -0.322 e. The predicted molar refractivity (Wildman–Crippen MR) is 122 cm³/mol. The maximum Gasteiger partial charge on any atom is 0.124 e. The zero-order valence-electron chi connectivity index (χ0n) is 17.9. The first-order valence-corrected chi connectivity index (χ1v) is 11.0. The van der Waals surface area contributed by atoms with Gasteiger partial charge in [-0.05, 0) is 47.5 Å². The Kier molecular flexibility index (Phi) is 5.97. The summed E-state index contributed by atoms with van der Waals surface area (Å²) < 4.78 is 28.7. The number of piperazine rings is 1. The third kappa shape index (κ3) is 4.71. The second-order valence-electron chi connectivity index (χ2n) is 8.41. The summed E-state index contributed by atoms with van der Waals surface area (Å²) in [6.07, 6.45) is 0. The van der Waals surface area contributed by atoms with Gasteiger partial charge in [0.25, 0.3) is 0 Å². The Hall–Kier alpha value is -3.09. The summed E-state index contributed by atoms with van der Waals surface area (Å²) >= 11 is 0. The Bertz CT molecular complexity index is 1180. The van der Waals surface area contributed by atoms with Crippen LogP contribution < -0.4 is 0 Å². The van der Waals surface area contributed by atoms with Gasteiger partial charge in [-0.15, -0.1) is 0 Å². The maximum absolute atomic E-state index is 13.3. The lowest BCUT2D eigenvalue weighted by atomic mass is 10.2. The van der Waals surface area contributed by atoms with E-state index in [0.29, 0.717) is 6.54 Å². The monoisotopic (exact) mass is 432 g/mol. The highest BCUT2D eigenvalue weighted by Gasteiger charge is 2.20. The molecule has 1 aromatic heterocycles. The fourth-order valence-corrected chi connectivity index (χ4v) is 4.35. The van der Waals surface area contributed by atoms with Gasteiger partial charge in [0.05, 0.1) is 17.6 Å². The minimum atomic E-state index is -0.219. The molecule has 0 unspecified atom stereocenters. The number of benzene rings is 3. The number of aromatic nitrogens is 2. The molecular weight excluding hydrogens is 406 g/mol. The van der Waals surface area contributed by atoms with E-state index >= 15 is 0 Å². The van der Waals surface area contributed by atoms with Crippen LogP contribution in [0.2, 0.25) is 0 Å². The molecule has 3 aromatic carbocycles. The summed E-state index contributed by atoms with van der Waals surface area (Å²) in [5.41, 5.74) is 4.28. The van der Waals surface area contributed by atoms with Crippen LogP contribution in [0.15, 0.2) is 72.8 Å². The maximum atomic E-state index is 13.3. The van der Waals surface area contributed by atoms with Crippen LogP contribution in [0.25, 0.3) is 11.0 Å². The van der Waals surface area contributed by atoms with E-state index in [2.05, 4.69) is 20.4 Å². The number of rotatable bonds is 6. The average molecular weight is 433 g/mol. The van der Waals surface area contributed by atoms with Gasteiger partial charge in [-0.3, -0.25) is 9.80 Å². The highest BCUT2D eigenvalue weighted by Crippen LogP contribution is 2.20. The van der Waals surface area contributed by atoms with E-state index in [1.54, 1.807) is 0 Å². The molecule has 0 radical (unpaired) electrons. The predicted octanol–water partition coefficient (Wildman–Crippen LogP) is 4.68. The molecule has 4 aromatic rings. The highest BCUT2D eigenvalue weighted by atomic mass is 19.1. The molecule has 2 heterocycles. The van der Waals surface area contributed by atoms with Crippen molar-refractivity contribution >= 4 is 11.0 Å². The molecule has 1 aliphatic heterocycles. The lowest BCUT2D eigenvalue weighted by Crippen LogP contribution is -2.45. The number of imidazole rings is 1. The van der Waals surface area contributed by atoms with Gasteiger partial charge >= 0.3 is 0 Å². The molecule has 0 N–H and O–H groups in total. The normalized spacial score (nSPS) is 15.4. The van der Waals surface area contributed by atoms with Crippen molar-refractivity contribution in [2.24, 2.45) is 0 Å². The second kappa shape index (κ2) is 9.18. The minimum absolute atomic E-state index is 0.193. The number of nitrogens with zero attached hydrogens (tertiary/aromatic N) is 4. The second-order valence-corrected chi connectivity index (χ2v) is 8.41. The van der Waals surface area contributed by atoms with Crippen molar-refractivity contribution in [1.82, 2.24) is 19.4 Å². The summed E-state index contributed by atoms with van der Waals surface area (Å²) in [4.78, 5) is 9.76. The van der Waals surface area contributed by atoms with E-state index < -0.39 is 0 Å². The topological polar surface area (TPSA) is 24.3 Å². The van der Waals surface area contributed by atoms with Crippen molar-refractivity contribution in [3.8, 4) is 0 Å². The molecule has 6 heteroatoms. The summed E-state index contributed by atoms with van der Waals surface area (Å²) in [6, 6.07) is 21.6. The number of fused-ring (bicyclic) bond motifs is 1. The lowest BCUT2D eigenvalue weighted by molar-refractivity contribution is 0.119. The third-order valence-corrected chi connectivity index (χ3v) is 6.14. The first-order chi connectivity index (χ1) is 15.6. The van der Waals surface area contributed by atoms with Crippen LogP contribution >= 0.6 is 0 Å². The van der Waals surface area contributed by atoms with Crippen molar-refractivity contribution < 1.29 is 8.78 Å². The zero-order chi connectivity index (χ0) is 21.9. The fraction of sp³-hybridized carbons (Fsp3) is 0.269. The Morgan fingerprint density at radius 2 is 1.16 bits per heavy atom. The number of hydrogen-bond acceptors (Lipinski definition) is 3. The summed E-state index contributed by atoms with van der Waals surface area (Å²) in [5.74, 6) is 0.618. The largest absolute Gasteiger partial charge is 0.322 e. The molecule has 4 nitrogen and oxygen atoms in total. The smallest absolute Gasteiger partial charge is 0.124 e. The van der Waals surface area contributed by atoms with Crippen molar-refractivity contribution in [2.75, 3.05) is 26.2 Å². The first kappa shape index (κ1) is 20.8. The van der Waals surface area contributed by atoms with Crippen LogP contribution in [0.3, 0.4) is 0 Å². The average Bonchev–Trinajstić information content (AvgIpc) is 3.15. The Labute approximate surface area is 186 Å². The number of halogens is 2. The molecule has 0 atom stereocenters. The van der Waals surface area contributed by atoms with Gasteiger partial charge in [0, 0.05) is 39.3 Å². The van der Waals surface area contributed by atoms with E-state index in [1.807, 2.05) is 42.5 Å². The SMILES string of the molecule is Fc1ccc(CN2CCN(Cc3nc4ccccc4n3Cc3ccc(F)cc3)CC2)cc1. The molecule has 0 amide bonds. The van der Waals surface area contributed by atoms with Crippen LogP contribution in [0.5, 0.6) is 0 Å². The van der Waals surface area contributed by atoms with Gasteiger partial charge < -0.3 is 4.57 Å². The highest BCUT2D eigenvalue weighted by molar-refractivity contribution is 5.76. The van der Waals surface area contributed by atoms with Crippen LogP contribution in [-0.4, -0.2) is 45.5 Å². The van der Waals surface area contributed by atoms with Crippen molar-refractivity contribution in [1.29, 1.82) is 0 Å². The van der Waals surface area contributed by atoms with Gasteiger partial charge in [-0.1, -0.05) is 36.4 Å². The third-order valence-electron chi connectivity index (χ3n) is 6.14. The van der Waals surface area contributed by atoms with Crippen LogP contribution in [0.1, 0.15) is 17.0 Å². The number of hydrogen-bond donors (Lipinski definition) is 0. The summed E-state index contributed by atoms with van der Waals surface area (Å²) in [6.45, 7) is 6.14. The quantitative estimate of drug-likeness (QED) is 0.442. The van der Waals surface area contributed by atoms with Gasteiger partial charge in [-0.25, -0.2) is 13.8 Å². The first-order valence-electron chi connectivity index (χ1n) is 11.0. The molecule has 0 bridgehead atoms. The molecule has 32 heavy (non-hydrogen) atoms. The molecule has 1 saturated heterocycles. The van der Waals surface area contributed by atoms with Crippen LogP contribution in [0.4, 0.5) is 8.78 Å². The molecule has 0 saturated carbocycles. The summed E-state index contributed by atoms with van der Waals surface area (Å²) in [7, 11) is 0. The summed E-state index contributed by atoms with van der Waals surface area (Å²) in [5, 5.41) is 0. The Balaban J connectivity index is 1.28. The van der Waals surface area contributed by atoms with Crippen molar-refractivity contribution in [3.05, 3.63) is 101 Å². The molecule has 0 spiro atoms. The molecule has 1 fully saturated rings. The lowest BCUT2D eigenvalue weighted by Gasteiger charge is -2.34. The van der Waals surface area contributed by atoms with Crippen molar-refractivity contribution in [3.63, 3.8) is 0 Å². The van der Waals surface area contributed by atoms with E-state index in [-0.39, 0.29) is 11.6 Å². The van der Waals surface area contributed by atoms with E-state index in [4.69, 9.17) is 4.98 Å². The van der Waals surface area contributed by atoms with Gasteiger partial charge in [-0.2, -0.15) is 0 Å². The Morgan fingerprint density at radius 1 is 0.625 bits per heavy atom. The molecule has 5 rings (SSSR count). The van der Waals surface area contributed by atoms with Crippen molar-refractivity contribution in [2.45, 2.75) is 19.6 Å². The van der Waals surface area contributed by atoms with Gasteiger partial charge in [0.2, 0.25) is 0 Å².